The zero-order valence-electron chi connectivity index (χ0n) is 13.9. The quantitative estimate of drug-likeness (QED) is 0.766. The zero-order chi connectivity index (χ0) is 17.0. The van der Waals surface area contributed by atoms with Gasteiger partial charge in [-0.05, 0) is 48.6 Å². The van der Waals surface area contributed by atoms with E-state index in [4.69, 9.17) is 21.7 Å². The standard InChI is InChI=1S/C18H22N2O2S2/c1-21-13-7-8-14(15(12-13)22-2)19-17(23)20-18(9-3-4-10-18)16-6-5-11-24-16/h5-8,11-12H,3-4,9-10H2,1-2H3,(H2,19,20,23). The van der Waals surface area contributed by atoms with Crippen LogP contribution in [0.3, 0.4) is 0 Å². The monoisotopic (exact) mass is 362 g/mol. The van der Waals surface area contributed by atoms with Crippen molar-refractivity contribution < 1.29 is 9.47 Å². The Labute approximate surface area is 152 Å². The lowest BCUT2D eigenvalue weighted by atomic mass is 9.96. The van der Waals surface area contributed by atoms with Gasteiger partial charge >= 0.3 is 0 Å². The maximum atomic E-state index is 5.58. The van der Waals surface area contributed by atoms with Gasteiger partial charge in [-0.3, -0.25) is 0 Å². The normalized spacial score (nSPS) is 15.8. The molecule has 0 spiro atoms. The molecule has 1 aromatic heterocycles. The van der Waals surface area contributed by atoms with Crippen LogP contribution in [-0.4, -0.2) is 19.3 Å². The summed E-state index contributed by atoms with van der Waals surface area (Å²) in [7, 11) is 3.28. The minimum Gasteiger partial charge on any atom is -0.497 e. The highest BCUT2D eigenvalue weighted by Crippen LogP contribution is 2.41. The predicted octanol–water partition coefficient (Wildman–Crippen LogP) is 4.52. The fourth-order valence-electron chi connectivity index (χ4n) is 3.24. The second kappa shape index (κ2) is 7.40. The van der Waals surface area contributed by atoms with E-state index in [-0.39, 0.29) is 5.54 Å². The lowest BCUT2D eigenvalue weighted by Gasteiger charge is -2.31. The first-order valence-electron chi connectivity index (χ1n) is 8.02. The van der Waals surface area contributed by atoms with Gasteiger partial charge in [0.15, 0.2) is 5.11 Å². The van der Waals surface area contributed by atoms with Gasteiger partial charge < -0.3 is 20.1 Å². The molecule has 0 amide bonds. The largest absolute Gasteiger partial charge is 0.497 e. The van der Waals surface area contributed by atoms with Crippen LogP contribution >= 0.6 is 23.6 Å². The number of hydrogen-bond acceptors (Lipinski definition) is 4. The number of rotatable bonds is 5. The minimum absolute atomic E-state index is 0.0437. The first kappa shape index (κ1) is 17.0. The summed E-state index contributed by atoms with van der Waals surface area (Å²) >= 11 is 7.37. The molecule has 6 heteroatoms. The Kier molecular flexibility index (Phi) is 5.26. The van der Waals surface area contributed by atoms with Gasteiger partial charge in [0.1, 0.15) is 11.5 Å². The molecular weight excluding hydrogens is 340 g/mol. The molecule has 1 aliphatic carbocycles. The highest BCUT2D eigenvalue weighted by Gasteiger charge is 2.37. The fraction of sp³-hybridized carbons (Fsp3) is 0.389. The number of ether oxygens (including phenoxy) is 2. The number of thiophene rings is 1. The second-order valence-corrected chi connectivity index (χ2v) is 7.27. The predicted molar refractivity (Wildman–Crippen MR) is 103 cm³/mol. The highest BCUT2D eigenvalue weighted by molar-refractivity contribution is 7.80. The summed E-state index contributed by atoms with van der Waals surface area (Å²) in [6.07, 6.45) is 4.66. The molecule has 2 aromatic rings. The van der Waals surface area contributed by atoms with E-state index in [9.17, 15) is 0 Å². The Balaban J connectivity index is 1.75. The number of hydrogen-bond donors (Lipinski definition) is 2. The molecule has 1 fully saturated rings. The molecule has 0 radical (unpaired) electrons. The van der Waals surface area contributed by atoms with Crippen molar-refractivity contribution in [3.05, 3.63) is 40.6 Å². The van der Waals surface area contributed by atoms with Gasteiger partial charge in [0.05, 0.1) is 25.4 Å². The minimum atomic E-state index is -0.0437. The summed E-state index contributed by atoms with van der Waals surface area (Å²) < 4.78 is 10.7. The third-order valence-electron chi connectivity index (χ3n) is 4.46. The van der Waals surface area contributed by atoms with Crippen LogP contribution < -0.4 is 20.1 Å². The molecule has 3 rings (SSSR count). The van der Waals surface area contributed by atoms with Crippen LogP contribution in [-0.2, 0) is 5.54 Å². The molecule has 0 saturated heterocycles. The first-order valence-corrected chi connectivity index (χ1v) is 9.31. The maximum Gasteiger partial charge on any atom is 0.171 e. The van der Waals surface area contributed by atoms with Crippen LogP contribution in [0.25, 0.3) is 0 Å². The molecule has 1 aliphatic rings. The zero-order valence-corrected chi connectivity index (χ0v) is 15.6. The summed E-state index contributed by atoms with van der Waals surface area (Å²) in [6.45, 7) is 0. The molecular formula is C18H22N2O2S2. The molecule has 4 nitrogen and oxygen atoms in total. The van der Waals surface area contributed by atoms with Crippen LogP contribution in [0, 0.1) is 0 Å². The topological polar surface area (TPSA) is 42.5 Å². The Hall–Kier alpha value is -1.79. The molecule has 2 N–H and O–H groups in total. The Morgan fingerprint density at radius 3 is 2.58 bits per heavy atom. The lowest BCUT2D eigenvalue weighted by molar-refractivity contribution is 0.395. The fourth-order valence-corrected chi connectivity index (χ4v) is 4.48. The third-order valence-corrected chi connectivity index (χ3v) is 5.74. The van der Waals surface area contributed by atoms with Crippen LogP contribution in [0.1, 0.15) is 30.6 Å². The van der Waals surface area contributed by atoms with Gasteiger partial charge in [-0.25, -0.2) is 0 Å². The number of methoxy groups -OCH3 is 2. The molecule has 24 heavy (non-hydrogen) atoms. The van der Waals surface area contributed by atoms with Crippen LogP contribution in [0.4, 0.5) is 5.69 Å². The summed E-state index contributed by atoms with van der Waals surface area (Å²) in [6, 6.07) is 9.94. The van der Waals surface area contributed by atoms with Crippen molar-refractivity contribution in [2.75, 3.05) is 19.5 Å². The Morgan fingerprint density at radius 2 is 1.96 bits per heavy atom. The van der Waals surface area contributed by atoms with Gasteiger partial charge in [-0.2, -0.15) is 0 Å². The lowest BCUT2D eigenvalue weighted by Crippen LogP contribution is -2.45. The van der Waals surface area contributed by atoms with Crippen LogP contribution in [0.2, 0.25) is 0 Å². The van der Waals surface area contributed by atoms with E-state index in [1.165, 1.54) is 17.7 Å². The Morgan fingerprint density at radius 1 is 1.17 bits per heavy atom. The van der Waals surface area contributed by atoms with Gasteiger partial charge in [-0.1, -0.05) is 18.9 Å². The summed E-state index contributed by atoms with van der Waals surface area (Å²) in [5.41, 5.74) is 0.785. The molecule has 128 valence electrons. The average Bonchev–Trinajstić information content (AvgIpc) is 3.27. The first-order chi connectivity index (χ1) is 11.7. The van der Waals surface area contributed by atoms with Gasteiger partial charge in [-0.15, -0.1) is 11.3 Å². The number of benzene rings is 1. The van der Waals surface area contributed by atoms with E-state index < -0.39 is 0 Å². The molecule has 1 aromatic carbocycles. The molecule has 0 bridgehead atoms. The van der Waals surface area contributed by atoms with Crippen molar-refractivity contribution >= 4 is 34.4 Å². The Bertz CT molecular complexity index is 695. The van der Waals surface area contributed by atoms with Crippen molar-refractivity contribution in [1.29, 1.82) is 0 Å². The molecule has 1 heterocycles. The smallest absolute Gasteiger partial charge is 0.171 e. The van der Waals surface area contributed by atoms with E-state index >= 15 is 0 Å². The third kappa shape index (κ3) is 3.49. The number of anilines is 1. The van der Waals surface area contributed by atoms with Gasteiger partial charge in [0.2, 0.25) is 0 Å². The van der Waals surface area contributed by atoms with E-state index in [0.29, 0.717) is 10.9 Å². The van der Waals surface area contributed by atoms with Crippen molar-refractivity contribution in [2.24, 2.45) is 0 Å². The molecule has 0 unspecified atom stereocenters. The van der Waals surface area contributed by atoms with Crippen molar-refractivity contribution in [2.45, 2.75) is 31.2 Å². The summed E-state index contributed by atoms with van der Waals surface area (Å²) in [4.78, 5) is 1.35. The highest BCUT2D eigenvalue weighted by atomic mass is 32.1. The molecule has 1 saturated carbocycles. The number of thiocarbonyl (C=S) groups is 1. The molecule has 0 aliphatic heterocycles. The van der Waals surface area contributed by atoms with Gasteiger partial charge in [0.25, 0.3) is 0 Å². The summed E-state index contributed by atoms with van der Waals surface area (Å²) in [5, 5.41) is 9.58. The average molecular weight is 363 g/mol. The number of nitrogens with one attached hydrogen (secondary N) is 2. The van der Waals surface area contributed by atoms with Crippen LogP contribution in [0.5, 0.6) is 11.5 Å². The van der Waals surface area contributed by atoms with E-state index in [0.717, 1.165) is 24.3 Å². The van der Waals surface area contributed by atoms with Crippen molar-refractivity contribution in [3.63, 3.8) is 0 Å². The van der Waals surface area contributed by atoms with E-state index in [1.54, 1.807) is 25.6 Å². The molecule has 0 atom stereocenters. The van der Waals surface area contributed by atoms with Crippen LogP contribution in [0.15, 0.2) is 35.7 Å². The summed E-state index contributed by atoms with van der Waals surface area (Å²) in [5.74, 6) is 1.46. The SMILES string of the molecule is COc1ccc(NC(=S)NC2(c3cccs3)CCCC2)c(OC)c1. The van der Waals surface area contributed by atoms with Crippen molar-refractivity contribution in [3.8, 4) is 11.5 Å². The van der Waals surface area contributed by atoms with Gasteiger partial charge in [0, 0.05) is 10.9 Å². The van der Waals surface area contributed by atoms with E-state index in [2.05, 4.69) is 28.1 Å². The second-order valence-electron chi connectivity index (χ2n) is 5.91. The van der Waals surface area contributed by atoms with E-state index in [1.807, 2.05) is 18.2 Å². The van der Waals surface area contributed by atoms with Crippen molar-refractivity contribution in [1.82, 2.24) is 5.32 Å². The maximum absolute atomic E-state index is 5.58.